The molecule has 0 unspecified atom stereocenters. The van der Waals surface area contributed by atoms with Crippen LogP contribution in [0.3, 0.4) is 0 Å². The molecule has 0 aliphatic heterocycles. The number of nitrogens with two attached hydrogens (primary N) is 1. The van der Waals surface area contributed by atoms with Gasteiger partial charge >= 0.3 is 0 Å². The van der Waals surface area contributed by atoms with Gasteiger partial charge in [0.05, 0.1) is 5.02 Å². The monoisotopic (exact) mass is 257 g/mol. The number of halogens is 1. The minimum Gasteiger partial charge on any atom is -0.476 e. The average molecular weight is 258 g/mol. The Labute approximate surface area is 108 Å². The third-order valence-corrected chi connectivity index (χ3v) is 3.25. The van der Waals surface area contributed by atoms with Crippen LogP contribution in [0.4, 0.5) is 0 Å². The lowest BCUT2D eigenvalue weighted by Gasteiger charge is -2.31. The molecule has 17 heavy (non-hydrogen) atoms. The first-order valence-corrected chi connectivity index (χ1v) is 5.89. The molecular weight excluding hydrogens is 238 g/mol. The fourth-order valence-corrected chi connectivity index (χ4v) is 1.25. The first kappa shape index (κ1) is 14.2. The summed E-state index contributed by atoms with van der Waals surface area (Å²) in [5.74, 6) is 0.560. The molecule has 0 atom stereocenters. The number of nitrogens with zero attached hydrogens (tertiary/aromatic N) is 2. The molecule has 5 heteroatoms. The maximum absolute atomic E-state index is 5.93. The highest BCUT2D eigenvalue weighted by molar-refractivity contribution is 6.31. The van der Waals surface area contributed by atoms with E-state index in [1.807, 2.05) is 14.1 Å². The van der Waals surface area contributed by atoms with Crippen LogP contribution in [0.2, 0.25) is 5.02 Å². The molecule has 0 saturated heterocycles. The van der Waals surface area contributed by atoms with Crippen LogP contribution >= 0.6 is 11.6 Å². The Kier molecular flexibility index (Phi) is 4.74. The summed E-state index contributed by atoms with van der Waals surface area (Å²) in [6.45, 7) is 5.15. The van der Waals surface area contributed by atoms with Crippen LogP contribution in [0.25, 0.3) is 0 Å². The van der Waals surface area contributed by atoms with Gasteiger partial charge < -0.3 is 15.4 Å². The number of ether oxygens (including phenoxy) is 1. The topological polar surface area (TPSA) is 51.4 Å². The molecule has 1 rings (SSSR count). The Balaban J connectivity index is 2.70. The van der Waals surface area contributed by atoms with Crippen molar-refractivity contribution in [3.8, 4) is 5.88 Å². The van der Waals surface area contributed by atoms with Crippen LogP contribution in [0, 0.1) is 0 Å². The molecule has 0 bridgehead atoms. The zero-order valence-corrected chi connectivity index (χ0v) is 11.6. The largest absolute Gasteiger partial charge is 0.476 e. The van der Waals surface area contributed by atoms with E-state index in [2.05, 4.69) is 23.7 Å². The molecule has 0 aromatic carbocycles. The van der Waals surface area contributed by atoms with Gasteiger partial charge in [-0.3, -0.25) is 0 Å². The third kappa shape index (κ3) is 3.84. The number of likely N-dealkylation sites (N-methyl/N-ethyl adjacent to an activating group) is 1. The molecule has 0 aliphatic rings. The van der Waals surface area contributed by atoms with Gasteiger partial charge in [0.15, 0.2) is 0 Å². The van der Waals surface area contributed by atoms with Crippen molar-refractivity contribution in [2.45, 2.75) is 25.9 Å². The normalized spacial score (nSPS) is 11.9. The van der Waals surface area contributed by atoms with Gasteiger partial charge in [-0.15, -0.1) is 0 Å². The molecule has 0 aliphatic carbocycles. The smallest absolute Gasteiger partial charge is 0.213 e. The van der Waals surface area contributed by atoms with Crippen LogP contribution in [-0.2, 0) is 6.54 Å². The van der Waals surface area contributed by atoms with E-state index in [4.69, 9.17) is 22.1 Å². The van der Waals surface area contributed by atoms with Gasteiger partial charge in [-0.25, -0.2) is 4.98 Å². The van der Waals surface area contributed by atoms with Crippen LogP contribution in [0.5, 0.6) is 5.88 Å². The predicted octanol–water partition coefficient (Wildman–Crippen LogP) is 1.91. The number of hydrogen-bond acceptors (Lipinski definition) is 4. The Morgan fingerprint density at radius 3 is 2.65 bits per heavy atom. The average Bonchev–Trinajstić information content (AvgIpc) is 2.28. The number of aromatic nitrogens is 1. The molecule has 0 spiro atoms. The summed E-state index contributed by atoms with van der Waals surface area (Å²) in [7, 11) is 4.04. The highest BCUT2D eigenvalue weighted by Crippen LogP contribution is 2.20. The van der Waals surface area contributed by atoms with Gasteiger partial charge in [0.1, 0.15) is 6.61 Å². The van der Waals surface area contributed by atoms with E-state index >= 15 is 0 Å². The van der Waals surface area contributed by atoms with Crippen molar-refractivity contribution >= 4 is 11.6 Å². The predicted molar refractivity (Wildman–Crippen MR) is 70.4 cm³/mol. The second kappa shape index (κ2) is 5.67. The first-order chi connectivity index (χ1) is 7.86. The second-order valence-electron chi connectivity index (χ2n) is 4.81. The van der Waals surface area contributed by atoms with Crippen molar-refractivity contribution < 1.29 is 4.74 Å². The minimum absolute atomic E-state index is 0.0514. The minimum atomic E-state index is -0.0514. The SMILES string of the molecule is CN(C)C(C)(C)COc1cc(CN)c(Cl)cn1. The Bertz CT molecular complexity index is 380. The summed E-state index contributed by atoms with van der Waals surface area (Å²) in [5, 5.41) is 0.576. The number of hydrogen-bond donors (Lipinski definition) is 1. The Morgan fingerprint density at radius 1 is 1.47 bits per heavy atom. The molecule has 0 saturated carbocycles. The first-order valence-electron chi connectivity index (χ1n) is 5.51. The van der Waals surface area contributed by atoms with Crippen LogP contribution < -0.4 is 10.5 Å². The van der Waals surface area contributed by atoms with E-state index in [-0.39, 0.29) is 5.54 Å². The van der Waals surface area contributed by atoms with E-state index in [0.29, 0.717) is 24.1 Å². The van der Waals surface area contributed by atoms with E-state index in [9.17, 15) is 0 Å². The Hall–Kier alpha value is -0.840. The fraction of sp³-hybridized carbons (Fsp3) is 0.583. The van der Waals surface area contributed by atoms with Gasteiger partial charge in [0, 0.05) is 24.3 Å². The molecule has 2 N–H and O–H groups in total. The third-order valence-electron chi connectivity index (χ3n) is 2.91. The molecule has 1 aromatic rings. The lowest BCUT2D eigenvalue weighted by atomic mass is 10.1. The summed E-state index contributed by atoms with van der Waals surface area (Å²) >= 11 is 5.93. The molecule has 0 fully saturated rings. The van der Waals surface area contributed by atoms with Crippen molar-refractivity contribution in [3.05, 3.63) is 22.8 Å². The maximum Gasteiger partial charge on any atom is 0.213 e. The molecule has 0 radical (unpaired) electrons. The summed E-state index contributed by atoms with van der Waals surface area (Å²) in [6, 6.07) is 1.79. The number of pyridine rings is 1. The standard InChI is InChI=1S/C12H20ClN3O/c1-12(2,16(3)4)8-17-11-5-9(6-14)10(13)7-15-11/h5,7H,6,8,14H2,1-4H3. The van der Waals surface area contributed by atoms with Crippen LogP contribution in [0.1, 0.15) is 19.4 Å². The fourth-order valence-electron chi connectivity index (χ4n) is 1.07. The van der Waals surface area contributed by atoms with Crippen molar-refractivity contribution in [3.63, 3.8) is 0 Å². The molecule has 4 nitrogen and oxygen atoms in total. The van der Waals surface area contributed by atoms with E-state index in [0.717, 1.165) is 5.56 Å². The molecule has 0 amide bonds. The lowest BCUT2D eigenvalue weighted by molar-refractivity contribution is 0.111. The number of rotatable bonds is 5. The highest BCUT2D eigenvalue weighted by Gasteiger charge is 2.21. The summed E-state index contributed by atoms with van der Waals surface area (Å²) < 4.78 is 5.66. The zero-order valence-electron chi connectivity index (χ0n) is 10.8. The van der Waals surface area contributed by atoms with Crippen molar-refractivity contribution in [1.82, 2.24) is 9.88 Å². The van der Waals surface area contributed by atoms with Crippen molar-refractivity contribution in [1.29, 1.82) is 0 Å². The Morgan fingerprint density at radius 2 is 2.12 bits per heavy atom. The second-order valence-corrected chi connectivity index (χ2v) is 5.22. The summed E-state index contributed by atoms with van der Waals surface area (Å²) in [5.41, 5.74) is 6.37. The quantitative estimate of drug-likeness (QED) is 0.876. The summed E-state index contributed by atoms with van der Waals surface area (Å²) in [4.78, 5) is 6.22. The zero-order chi connectivity index (χ0) is 13.1. The molecule has 1 aromatic heterocycles. The summed E-state index contributed by atoms with van der Waals surface area (Å²) in [6.07, 6.45) is 1.57. The highest BCUT2D eigenvalue weighted by atomic mass is 35.5. The van der Waals surface area contributed by atoms with Crippen LogP contribution in [0.15, 0.2) is 12.3 Å². The van der Waals surface area contributed by atoms with Crippen molar-refractivity contribution in [2.75, 3.05) is 20.7 Å². The van der Waals surface area contributed by atoms with Gasteiger partial charge in [-0.2, -0.15) is 0 Å². The van der Waals surface area contributed by atoms with Gasteiger partial charge in [-0.1, -0.05) is 11.6 Å². The van der Waals surface area contributed by atoms with Gasteiger partial charge in [0.25, 0.3) is 0 Å². The van der Waals surface area contributed by atoms with Crippen molar-refractivity contribution in [2.24, 2.45) is 5.73 Å². The van der Waals surface area contributed by atoms with Gasteiger partial charge in [0.2, 0.25) is 5.88 Å². The van der Waals surface area contributed by atoms with E-state index in [1.54, 1.807) is 12.3 Å². The van der Waals surface area contributed by atoms with Crippen LogP contribution in [-0.4, -0.2) is 36.1 Å². The molecule has 96 valence electrons. The van der Waals surface area contributed by atoms with Gasteiger partial charge in [-0.05, 0) is 33.5 Å². The van der Waals surface area contributed by atoms with E-state index in [1.165, 1.54) is 0 Å². The maximum atomic E-state index is 5.93. The molecule has 1 heterocycles. The lowest BCUT2D eigenvalue weighted by Crippen LogP contribution is -2.43. The van der Waals surface area contributed by atoms with E-state index < -0.39 is 0 Å². The molecular formula is C12H20ClN3O.